The van der Waals surface area contributed by atoms with Crippen molar-refractivity contribution in [2.24, 2.45) is 0 Å². The van der Waals surface area contributed by atoms with Crippen LogP contribution < -0.4 is 4.90 Å². The molecule has 2 atom stereocenters. The summed E-state index contributed by atoms with van der Waals surface area (Å²) in [6.07, 6.45) is -4.48. The average molecular weight is 300 g/mol. The lowest BCUT2D eigenvalue weighted by atomic mass is 10.1. The fourth-order valence-corrected chi connectivity index (χ4v) is 3.78. The highest BCUT2D eigenvalue weighted by atomic mass is 32.2. The maximum absolute atomic E-state index is 12.8. The van der Waals surface area contributed by atoms with E-state index < -0.39 is 11.7 Å². The Morgan fingerprint density at radius 1 is 1.25 bits per heavy atom. The molecule has 1 aliphatic heterocycles. The molecule has 0 spiro atoms. The molecular formula is C14H15F3N2S. The maximum Gasteiger partial charge on any atom is 0.417 e. The highest BCUT2D eigenvalue weighted by Crippen LogP contribution is 2.35. The molecule has 0 amide bonds. The number of halogens is 3. The summed E-state index contributed by atoms with van der Waals surface area (Å²) in [4.78, 5) is 2.05. The molecule has 1 aromatic carbocycles. The monoisotopic (exact) mass is 300 g/mol. The molecule has 1 fully saturated rings. The summed E-state index contributed by atoms with van der Waals surface area (Å²) in [5, 5.41) is 9.78. The van der Waals surface area contributed by atoms with Crippen molar-refractivity contribution in [3.05, 3.63) is 29.3 Å². The second-order valence-electron chi connectivity index (χ2n) is 5.00. The van der Waals surface area contributed by atoms with Crippen LogP contribution in [0.4, 0.5) is 18.9 Å². The molecule has 1 saturated heterocycles. The van der Waals surface area contributed by atoms with Crippen molar-refractivity contribution in [1.29, 1.82) is 5.26 Å². The van der Waals surface area contributed by atoms with Gasteiger partial charge in [-0.25, -0.2) is 0 Å². The molecular weight excluding hydrogens is 285 g/mol. The second kappa shape index (κ2) is 5.57. The van der Waals surface area contributed by atoms with Crippen LogP contribution in [-0.2, 0) is 6.18 Å². The zero-order chi connectivity index (χ0) is 14.9. The molecule has 0 aliphatic carbocycles. The summed E-state index contributed by atoms with van der Waals surface area (Å²) >= 11 is 1.87. The molecule has 1 heterocycles. The van der Waals surface area contributed by atoms with E-state index in [1.54, 1.807) is 6.07 Å². The van der Waals surface area contributed by atoms with Crippen LogP contribution in [0.25, 0.3) is 0 Å². The summed E-state index contributed by atoms with van der Waals surface area (Å²) in [6, 6.07) is 5.46. The summed E-state index contributed by atoms with van der Waals surface area (Å²) in [5.74, 6) is 0. The van der Waals surface area contributed by atoms with Crippen molar-refractivity contribution >= 4 is 17.4 Å². The summed E-state index contributed by atoms with van der Waals surface area (Å²) in [6.45, 7) is 5.77. The van der Waals surface area contributed by atoms with Gasteiger partial charge in [0, 0.05) is 29.3 Å². The minimum atomic E-state index is -4.48. The van der Waals surface area contributed by atoms with Crippen LogP contribution in [0.3, 0.4) is 0 Å². The van der Waals surface area contributed by atoms with Crippen LogP contribution >= 0.6 is 11.8 Å². The van der Waals surface area contributed by atoms with E-state index in [-0.39, 0.29) is 5.56 Å². The smallest absolute Gasteiger partial charge is 0.369 e. The Bertz CT molecular complexity index is 526. The lowest BCUT2D eigenvalue weighted by molar-refractivity contribution is -0.137. The van der Waals surface area contributed by atoms with E-state index in [1.807, 2.05) is 16.7 Å². The summed E-state index contributed by atoms with van der Waals surface area (Å²) in [7, 11) is 0. The Morgan fingerprint density at radius 3 is 2.35 bits per heavy atom. The van der Waals surface area contributed by atoms with Crippen molar-refractivity contribution in [1.82, 2.24) is 0 Å². The van der Waals surface area contributed by atoms with Crippen LogP contribution in [0.2, 0.25) is 0 Å². The van der Waals surface area contributed by atoms with Gasteiger partial charge >= 0.3 is 6.18 Å². The molecule has 0 N–H and O–H groups in total. The fraction of sp³-hybridized carbons (Fsp3) is 0.500. The van der Waals surface area contributed by atoms with Crippen molar-refractivity contribution in [3.8, 4) is 6.07 Å². The van der Waals surface area contributed by atoms with E-state index in [4.69, 9.17) is 5.26 Å². The molecule has 2 nitrogen and oxygen atoms in total. The van der Waals surface area contributed by atoms with Crippen LogP contribution in [0.5, 0.6) is 0 Å². The largest absolute Gasteiger partial charge is 0.417 e. The van der Waals surface area contributed by atoms with Gasteiger partial charge in [-0.3, -0.25) is 0 Å². The number of hydrogen-bond donors (Lipinski definition) is 0. The quantitative estimate of drug-likeness (QED) is 0.787. The average Bonchev–Trinajstić information content (AvgIpc) is 2.35. The lowest BCUT2D eigenvalue weighted by Gasteiger charge is -2.36. The minimum absolute atomic E-state index is 0.312. The molecule has 0 radical (unpaired) electrons. The Morgan fingerprint density at radius 2 is 1.85 bits per heavy atom. The highest BCUT2D eigenvalue weighted by Gasteiger charge is 2.34. The number of hydrogen-bond acceptors (Lipinski definition) is 3. The zero-order valence-electron chi connectivity index (χ0n) is 11.2. The standard InChI is InChI=1S/C14H15F3N2S/c1-9-7-19(8-10(2)20-9)12-3-4-13(14(15,16)17)11(5-12)6-18/h3-5,9-10H,7-8H2,1-2H3. The number of thioether (sulfide) groups is 1. The summed E-state index contributed by atoms with van der Waals surface area (Å²) in [5.41, 5.74) is -0.488. The van der Waals surface area contributed by atoms with E-state index in [2.05, 4.69) is 13.8 Å². The third kappa shape index (κ3) is 3.21. The van der Waals surface area contributed by atoms with Crippen LogP contribution in [0, 0.1) is 11.3 Å². The number of anilines is 1. The van der Waals surface area contributed by atoms with E-state index in [9.17, 15) is 13.2 Å². The van der Waals surface area contributed by atoms with Gasteiger partial charge in [-0.15, -0.1) is 0 Å². The Kier molecular flexibility index (Phi) is 4.19. The van der Waals surface area contributed by atoms with Crippen molar-refractivity contribution < 1.29 is 13.2 Å². The van der Waals surface area contributed by atoms with E-state index >= 15 is 0 Å². The van der Waals surface area contributed by atoms with Crippen LogP contribution in [-0.4, -0.2) is 23.6 Å². The first-order chi connectivity index (χ1) is 9.31. The SMILES string of the molecule is CC1CN(c2ccc(C(F)(F)F)c(C#N)c2)CC(C)S1. The van der Waals surface area contributed by atoms with Gasteiger partial charge < -0.3 is 4.90 Å². The van der Waals surface area contributed by atoms with Gasteiger partial charge in [0.15, 0.2) is 0 Å². The number of alkyl halides is 3. The summed E-state index contributed by atoms with van der Waals surface area (Å²) < 4.78 is 38.3. The molecule has 0 aromatic heterocycles. The van der Waals surface area contributed by atoms with Gasteiger partial charge in [-0.2, -0.15) is 30.2 Å². The molecule has 6 heteroatoms. The Labute approximate surface area is 120 Å². The number of nitrogens with zero attached hydrogens (tertiary/aromatic N) is 2. The third-order valence-corrected chi connectivity index (χ3v) is 4.44. The van der Waals surface area contributed by atoms with Crippen molar-refractivity contribution in [3.63, 3.8) is 0 Å². The normalized spacial score (nSPS) is 23.5. The molecule has 2 rings (SSSR count). The minimum Gasteiger partial charge on any atom is -0.369 e. The first-order valence-corrected chi connectivity index (χ1v) is 7.27. The molecule has 1 aliphatic rings. The lowest BCUT2D eigenvalue weighted by Crippen LogP contribution is -2.40. The van der Waals surface area contributed by atoms with Crippen molar-refractivity contribution in [2.45, 2.75) is 30.5 Å². The van der Waals surface area contributed by atoms with Crippen molar-refractivity contribution in [2.75, 3.05) is 18.0 Å². The zero-order valence-corrected chi connectivity index (χ0v) is 12.1. The predicted octanol–water partition coefficient (Wildman–Crippen LogP) is 3.91. The van der Waals surface area contributed by atoms with Crippen LogP contribution in [0.15, 0.2) is 18.2 Å². The van der Waals surface area contributed by atoms with E-state index in [0.29, 0.717) is 16.2 Å². The maximum atomic E-state index is 12.8. The van der Waals surface area contributed by atoms with Gasteiger partial charge in [0.1, 0.15) is 0 Å². The van der Waals surface area contributed by atoms with E-state index in [1.165, 1.54) is 12.1 Å². The van der Waals surface area contributed by atoms with E-state index in [0.717, 1.165) is 19.2 Å². The molecule has 108 valence electrons. The third-order valence-electron chi connectivity index (χ3n) is 3.21. The van der Waals surface area contributed by atoms with Gasteiger partial charge in [0.25, 0.3) is 0 Å². The predicted molar refractivity (Wildman–Crippen MR) is 74.9 cm³/mol. The first-order valence-electron chi connectivity index (χ1n) is 6.33. The van der Waals surface area contributed by atoms with Gasteiger partial charge in [0.05, 0.1) is 17.2 Å². The Hall–Kier alpha value is -1.35. The topological polar surface area (TPSA) is 27.0 Å². The second-order valence-corrected chi connectivity index (χ2v) is 6.88. The molecule has 2 unspecified atom stereocenters. The van der Waals surface area contributed by atoms with Crippen LogP contribution in [0.1, 0.15) is 25.0 Å². The number of nitriles is 1. The fourth-order valence-electron chi connectivity index (χ4n) is 2.46. The number of rotatable bonds is 1. The first kappa shape index (κ1) is 15.0. The van der Waals surface area contributed by atoms with Gasteiger partial charge in [-0.1, -0.05) is 13.8 Å². The van der Waals surface area contributed by atoms with Gasteiger partial charge in [-0.05, 0) is 18.2 Å². The number of benzene rings is 1. The van der Waals surface area contributed by atoms with Gasteiger partial charge in [0.2, 0.25) is 0 Å². The molecule has 20 heavy (non-hydrogen) atoms. The molecule has 0 saturated carbocycles. The molecule has 0 bridgehead atoms. The highest BCUT2D eigenvalue weighted by molar-refractivity contribution is 8.00. The Balaban J connectivity index is 2.33. The molecule has 1 aromatic rings.